The topological polar surface area (TPSA) is 56.8 Å². The smallest absolute Gasteiger partial charge is 0.251 e. The van der Waals surface area contributed by atoms with Crippen LogP contribution < -0.4 is 19.5 Å². The molecule has 0 fully saturated rings. The fourth-order valence-electron chi connectivity index (χ4n) is 3.10. The largest absolute Gasteiger partial charge is 0.493 e. The molecule has 1 aliphatic heterocycles. The van der Waals surface area contributed by atoms with Crippen molar-refractivity contribution in [1.29, 1.82) is 0 Å². The summed E-state index contributed by atoms with van der Waals surface area (Å²) in [4.78, 5) is 12.8. The van der Waals surface area contributed by atoms with Crippen molar-refractivity contribution in [3.05, 3.63) is 53.6 Å². The van der Waals surface area contributed by atoms with Crippen molar-refractivity contribution < 1.29 is 19.0 Å². The molecule has 5 nitrogen and oxygen atoms in total. The number of benzene rings is 2. The lowest BCUT2D eigenvalue weighted by Crippen LogP contribution is -2.32. The van der Waals surface area contributed by atoms with Gasteiger partial charge in [0.05, 0.1) is 25.9 Å². The lowest BCUT2D eigenvalue weighted by Gasteiger charge is -2.26. The highest BCUT2D eigenvalue weighted by atomic mass is 16.5. The zero-order chi connectivity index (χ0) is 19.1. The summed E-state index contributed by atoms with van der Waals surface area (Å²) in [6.45, 7) is 5.79. The van der Waals surface area contributed by atoms with Crippen molar-refractivity contribution >= 4 is 5.91 Å². The molecule has 0 spiro atoms. The minimum absolute atomic E-state index is 0.0570. The molecule has 0 saturated heterocycles. The van der Waals surface area contributed by atoms with E-state index in [2.05, 4.69) is 12.2 Å². The number of ether oxygens (including phenoxy) is 3. The van der Waals surface area contributed by atoms with E-state index in [0.29, 0.717) is 36.9 Å². The van der Waals surface area contributed by atoms with Crippen LogP contribution in [-0.2, 0) is 0 Å². The molecule has 1 heterocycles. The van der Waals surface area contributed by atoms with Gasteiger partial charge in [0.1, 0.15) is 5.75 Å². The summed E-state index contributed by atoms with van der Waals surface area (Å²) in [6.07, 6.45) is 2.80. The lowest BCUT2D eigenvalue weighted by atomic mass is 10.00. The normalized spacial score (nSPS) is 15.4. The van der Waals surface area contributed by atoms with E-state index >= 15 is 0 Å². The number of para-hydroxylation sites is 1. The maximum Gasteiger partial charge on any atom is 0.251 e. The van der Waals surface area contributed by atoms with Crippen LogP contribution in [0.3, 0.4) is 0 Å². The highest BCUT2D eigenvalue weighted by Gasteiger charge is 2.23. The van der Waals surface area contributed by atoms with Gasteiger partial charge in [-0.3, -0.25) is 4.79 Å². The highest BCUT2D eigenvalue weighted by Crippen LogP contribution is 2.33. The molecule has 1 amide bonds. The minimum atomic E-state index is -0.127. The summed E-state index contributed by atoms with van der Waals surface area (Å²) < 4.78 is 17.1. The van der Waals surface area contributed by atoms with Crippen LogP contribution in [-0.4, -0.2) is 25.7 Å². The molecule has 2 aromatic rings. The second-order valence-electron chi connectivity index (χ2n) is 6.50. The van der Waals surface area contributed by atoms with Gasteiger partial charge >= 0.3 is 0 Å². The lowest BCUT2D eigenvalue weighted by molar-refractivity contribution is 0.0924. The van der Waals surface area contributed by atoms with Crippen molar-refractivity contribution in [1.82, 2.24) is 5.32 Å². The Bertz CT molecular complexity index is 775. The maximum absolute atomic E-state index is 12.8. The first kappa shape index (κ1) is 19.1. The SMILES string of the molecule is CCCCOc1ccc(C(=O)N[C@H]2CCOc3ccccc32)cc1OCC. The molecule has 3 rings (SSSR count). The van der Waals surface area contributed by atoms with Gasteiger partial charge in [0, 0.05) is 17.5 Å². The van der Waals surface area contributed by atoms with Crippen molar-refractivity contribution in [3.8, 4) is 17.2 Å². The Kier molecular flexibility index (Phi) is 6.58. The first-order valence-electron chi connectivity index (χ1n) is 9.65. The molecule has 1 atom stereocenters. The van der Waals surface area contributed by atoms with E-state index in [4.69, 9.17) is 14.2 Å². The number of unbranched alkanes of at least 4 members (excludes halogenated alkanes) is 1. The van der Waals surface area contributed by atoms with Crippen LogP contribution in [0.25, 0.3) is 0 Å². The predicted octanol–water partition coefficient (Wildman–Crippen LogP) is 4.52. The van der Waals surface area contributed by atoms with Crippen LogP contribution in [0.4, 0.5) is 0 Å². The summed E-state index contributed by atoms with van der Waals surface area (Å²) in [5.41, 5.74) is 1.58. The van der Waals surface area contributed by atoms with Crippen LogP contribution in [0.15, 0.2) is 42.5 Å². The Morgan fingerprint density at radius 1 is 1.15 bits per heavy atom. The minimum Gasteiger partial charge on any atom is -0.493 e. The fraction of sp³-hybridized carbons (Fsp3) is 0.409. The van der Waals surface area contributed by atoms with Gasteiger partial charge < -0.3 is 19.5 Å². The zero-order valence-electron chi connectivity index (χ0n) is 16.0. The number of hydrogen-bond donors (Lipinski definition) is 1. The molecule has 0 bridgehead atoms. The van der Waals surface area contributed by atoms with E-state index in [1.54, 1.807) is 12.1 Å². The zero-order valence-corrected chi connectivity index (χ0v) is 16.0. The van der Waals surface area contributed by atoms with Gasteiger partial charge in [0.2, 0.25) is 0 Å². The van der Waals surface area contributed by atoms with Crippen LogP contribution in [0, 0.1) is 0 Å². The Balaban J connectivity index is 1.74. The maximum atomic E-state index is 12.8. The number of hydrogen-bond acceptors (Lipinski definition) is 4. The average molecular weight is 369 g/mol. The van der Waals surface area contributed by atoms with Crippen LogP contribution in [0.1, 0.15) is 55.1 Å². The van der Waals surface area contributed by atoms with E-state index in [9.17, 15) is 4.79 Å². The highest BCUT2D eigenvalue weighted by molar-refractivity contribution is 5.95. The van der Waals surface area contributed by atoms with Crippen molar-refractivity contribution in [3.63, 3.8) is 0 Å². The third-order valence-corrected chi connectivity index (χ3v) is 4.53. The van der Waals surface area contributed by atoms with Crippen LogP contribution >= 0.6 is 0 Å². The van der Waals surface area contributed by atoms with E-state index in [-0.39, 0.29) is 11.9 Å². The summed E-state index contributed by atoms with van der Waals surface area (Å²) in [5.74, 6) is 1.99. The Labute approximate surface area is 160 Å². The van der Waals surface area contributed by atoms with Gasteiger partial charge in [0.15, 0.2) is 11.5 Å². The molecule has 0 aromatic heterocycles. The number of fused-ring (bicyclic) bond motifs is 1. The molecule has 0 aliphatic carbocycles. The molecule has 2 aromatic carbocycles. The van der Waals surface area contributed by atoms with Crippen LogP contribution in [0.2, 0.25) is 0 Å². The average Bonchev–Trinajstić information content (AvgIpc) is 2.69. The van der Waals surface area contributed by atoms with E-state index in [1.165, 1.54) is 0 Å². The number of carbonyl (C=O) groups is 1. The summed E-state index contributed by atoms with van der Waals surface area (Å²) in [5, 5.41) is 3.12. The quantitative estimate of drug-likeness (QED) is 0.695. The predicted molar refractivity (Wildman–Crippen MR) is 105 cm³/mol. The van der Waals surface area contributed by atoms with Crippen molar-refractivity contribution in [2.24, 2.45) is 0 Å². The molecule has 144 valence electrons. The van der Waals surface area contributed by atoms with Gasteiger partial charge in [-0.1, -0.05) is 31.5 Å². The molecule has 5 heteroatoms. The Morgan fingerprint density at radius 2 is 2.00 bits per heavy atom. The molecule has 1 N–H and O–H groups in total. The number of carbonyl (C=O) groups excluding carboxylic acids is 1. The standard InChI is InChI=1S/C22H27NO4/c1-3-5-13-26-20-11-10-16(15-21(20)25-4-2)22(24)23-18-12-14-27-19-9-7-6-8-17(18)19/h6-11,15,18H,3-5,12-14H2,1-2H3,(H,23,24)/t18-/m0/s1. The molecular formula is C22H27NO4. The van der Waals surface area contributed by atoms with Gasteiger partial charge in [-0.05, 0) is 37.6 Å². The second kappa shape index (κ2) is 9.31. The van der Waals surface area contributed by atoms with Crippen molar-refractivity contribution in [2.45, 2.75) is 39.2 Å². The molecule has 1 aliphatic rings. The third-order valence-electron chi connectivity index (χ3n) is 4.53. The van der Waals surface area contributed by atoms with Gasteiger partial charge in [-0.15, -0.1) is 0 Å². The molecule has 0 saturated carbocycles. The van der Waals surface area contributed by atoms with Gasteiger partial charge in [-0.25, -0.2) is 0 Å². The number of rotatable bonds is 8. The first-order chi connectivity index (χ1) is 13.2. The fourth-order valence-corrected chi connectivity index (χ4v) is 3.10. The van der Waals surface area contributed by atoms with Crippen LogP contribution in [0.5, 0.6) is 17.2 Å². The van der Waals surface area contributed by atoms with E-state index < -0.39 is 0 Å². The first-order valence-corrected chi connectivity index (χ1v) is 9.65. The van der Waals surface area contributed by atoms with Gasteiger partial charge in [0.25, 0.3) is 5.91 Å². The Morgan fingerprint density at radius 3 is 2.81 bits per heavy atom. The van der Waals surface area contributed by atoms with E-state index in [0.717, 1.165) is 30.6 Å². The number of nitrogens with one attached hydrogen (secondary N) is 1. The Hall–Kier alpha value is -2.69. The third kappa shape index (κ3) is 4.73. The summed E-state index contributed by atoms with van der Waals surface area (Å²) in [7, 11) is 0. The summed E-state index contributed by atoms with van der Waals surface area (Å²) >= 11 is 0. The second-order valence-corrected chi connectivity index (χ2v) is 6.50. The molecule has 27 heavy (non-hydrogen) atoms. The summed E-state index contributed by atoms with van der Waals surface area (Å²) in [6, 6.07) is 13.1. The van der Waals surface area contributed by atoms with E-state index in [1.807, 2.05) is 37.3 Å². The number of amides is 1. The molecular weight excluding hydrogens is 342 g/mol. The molecule has 0 radical (unpaired) electrons. The molecule has 0 unspecified atom stereocenters. The van der Waals surface area contributed by atoms with Gasteiger partial charge in [-0.2, -0.15) is 0 Å². The monoisotopic (exact) mass is 369 g/mol. The van der Waals surface area contributed by atoms with Crippen molar-refractivity contribution in [2.75, 3.05) is 19.8 Å².